The van der Waals surface area contributed by atoms with E-state index < -0.39 is 133 Å². The normalized spacial score (nSPS) is 16.2. The third kappa shape index (κ3) is 17.8. The summed E-state index contributed by atoms with van der Waals surface area (Å²) >= 11 is 0. The summed E-state index contributed by atoms with van der Waals surface area (Å²) in [6.45, 7) is 5.64. The lowest BCUT2D eigenvalue weighted by Crippen LogP contribution is -2.58. The molecular weight excluding hydrogens is 1200 g/mol. The van der Waals surface area contributed by atoms with E-state index in [9.17, 15) is 63.0 Å². The molecule has 0 saturated heterocycles. The number of cyclic esters (lactones) is 1. The summed E-state index contributed by atoms with van der Waals surface area (Å²) in [4.78, 5) is 147. The number of carbonyl (C=O) groups excluding carboxylic acids is 9. The van der Waals surface area contributed by atoms with Crippen LogP contribution in [0.4, 0.5) is 19.7 Å². The van der Waals surface area contributed by atoms with E-state index in [-0.39, 0.29) is 95.0 Å². The fraction of sp³-hybridized carbons (Fsp3) is 0.500. The number of hydrogen-bond donors (Lipinski definition) is 12. The van der Waals surface area contributed by atoms with Gasteiger partial charge in [0.2, 0.25) is 35.4 Å². The fourth-order valence-electron chi connectivity index (χ4n) is 10.7. The Labute approximate surface area is 521 Å². The summed E-state index contributed by atoms with van der Waals surface area (Å²) in [5.41, 5.74) is 12.4. The quantitative estimate of drug-likeness (QED) is 0.0154. The van der Waals surface area contributed by atoms with Crippen molar-refractivity contribution in [2.45, 2.75) is 129 Å². The van der Waals surface area contributed by atoms with E-state index >= 15 is 4.39 Å². The SMILES string of the molecule is CC[C@@]1(O)C(=O)OCc2c1cc1n(c2=O)Cc2c-1nc1cc(F)c(C)c3c1c2[C@@H](NC(=O)COCNC(=O)CNC(=O)OCc1ccc(NC(=O)[C@H](CCCNC(N)=O)NC(=O)[C@@H](NC(=O)[C@@H](CCC(=O)O)NC(=O)CCOCCOCCN)C(C)C)cc1)CC3. The monoisotopic (exact) mass is 1270 g/mol. The molecule has 3 aliphatic rings. The predicted molar refractivity (Wildman–Crippen MR) is 320 cm³/mol. The van der Waals surface area contributed by atoms with Gasteiger partial charge in [0.1, 0.15) is 57.0 Å². The maximum Gasteiger partial charge on any atom is 0.407 e. The summed E-state index contributed by atoms with van der Waals surface area (Å²) in [5, 5.41) is 41.9. The third-order valence-corrected chi connectivity index (χ3v) is 15.6. The Morgan fingerprint density at radius 1 is 0.846 bits per heavy atom. The number of nitrogens with two attached hydrogens (primary N) is 2. The van der Waals surface area contributed by atoms with Crippen molar-refractivity contribution in [3.63, 3.8) is 0 Å². The standard InChI is InChI=1S/C60H77FN12O18/c1-5-60(86)38-23-44-52-36(26-73(44)56(82)37(38)28-90-57(60)83)50-40(13-12-35-32(4)39(61)24-43(70-52)49(35)50)68-47(76)29-89-30-66-46(75)25-65-59(85)91-27-33-8-10-34(11-9-33)67-53(79)41(7-6-18-64-58(63)84)71-55(81)51(31(2)3)72-54(80)42(14-15-48(77)78)69-45(74)16-19-87-21-22-88-20-17-62/h8-11,23-24,31,40-42,51,86H,5-7,12-22,25-30,62H2,1-4H3,(H,65,85)(H,66,75)(H,67,79)(H,68,76)(H,69,74)(H,71,81)(H,72,80)(H,77,78)(H3,63,64,84)/t40-,41-,42+,51-,60-/m0/s1. The number of fused-ring (bicyclic) bond motifs is 5. The van der Waals surface area contributed by atoms with Gasteiger partial charge in [-0.1, -0.05) is 32.9 Å². The molecule has 0 spiro atoms. The number of benzene rings is 2. The van der Waals surface area contributed by atoms with Crippen LogP contribution in [-0.2, 0) is 93.8 Å². The zero-order chi connectivity index (χ0) is 66.1. The Morgan fingerprint density at radius 2 is 1.57 bits per heavy atom. The largest absolute Gasteiger partial charge is 0.481 e. The molecule has 0 saturated carbocycles. The number of ether oxygens (including phenoxy) is 5. The van der Waals surface area contributed by atoms with E-state index in [0.29, 0.717) is 76.1 Å². The number of aliphatic carboxylic acids is 1. The number of aryl methyl sites for hydroxylation is 1. The lowest BCUT2D eigenvalue weighted by atomic mass is 9.81. The average molecular weight is 1270 g/mol. The molecular formula is C60H77FN12O18. The molecule has 7 rings (SSSR count). The van der Waals surface area contributed by atoms with Gasteiger partial charge in [0.05, 0.1) is 61.5 Å². The summed E-state index contributed by atoms with van der Waals surface area (Å²) < 4.78 is 43.3. The van der Waals surface area contributed by atoms with Crippen molar-refractivity contribution in [2.75, 3.05) is 64.7 Å². The minimum absolute atomic E-state index is 0.0130. The van der Waals surface area contributed by atoms with Gasteiger partial charge in [0, 0.05) is 54.2 Å². The highest BCUT2D eigenvalue weighted by molar-refractivity contribution is 5.99. The molecule has 4 heterocycles. The number of aliphatic hydroxyl groups is 1. The van der Waals surface area contributed by atoms with Gasteiger partial charge in [0.15, 0.2) is 5.60 Å². The van der Waals surface area contributed by atoms with Crippen molar-refractivity contribution in [1.82, 2.24) is 46.8 Å². The zero-order valence-corrected chi connectivity index (χ0v) is 50.8. The summed E-state index contributed by atoms with van der Waals surface area (Å²) in [5.74, 6) is -7.32. The van der Waals surface area contributed by atoms with Crippen molar-refractivity contribution < 1.29 is 86.2 Å². The van der Waals surface area contributed by atoms with Crippen LogP contribution in [0.2, 0.25) is 0 Å². The zero-order valence-electron chi connectivity index (χ0n) is 50.8. The lowest BCUT2D eigenvalue weighted by Gasteiger charge is -2.31. The molecule has 492 valence electrons. The average Bonchev–Trinajstić information content (AvgIpc) is 1.64. The van der Waals surface area contributed by atoms with E-state index in [0.717, 1.165) is 0 Å². The molecule has 2 aliphatic heterocycles. The number of aromatic nitrogens is 2. The Balaban J connectivity index is 0.867. The van der Waals surface area contributed by atoms with Crippen molar-refractivity contribution in [2.24, 2.45) is 17.4 Å². The molecule has 91 heavy (non-hydrogen) atoms. The van der Waals surface area contributed by atoms with Gasteiger partial charge in [0.25, 0.3) is 5.56 Å². The van der Waals surface area contributed by atoms with Gasteiger partial charge in [-0.05, 0) is 91.8 Å². The van der Waals surface area contributed by atoms with E-state index in [2.05, 4.69) is 42.5 Å². The Bertz CT molecular complexity index is 3470. The number of esters is 1. The molecule has 30 nitrogen and oxygen atoms in total. The number of rotatable bonds is 33. The number of nitrogens with zero attached hydrogens (tertiary/aromatic N) is 2. The van der Waals surface area contributed by atoms with Gasteiger partial charge in [-0.25, -0.2) is 23.8 Å². The van der Waals surface area contributed by atoms with Gasteiger partial charge in [-0.2, -0.15) is 0 Å². The summed E-state index contributed by atoms with van der Waals surface area (Å²) in [7, 11) is 0. The lowest BCUT2D eigenvalue weighted by molar-refractivity contribution is -0.172. The summed E-state index contributed by atoms with van der Waals surface area (Å²) in [6.07, 6.45) is -1.06. The van der Waals surface area contributed by atoms with Crippen LogP contribution < -0.4 is 59.6 Å². The maximum atomic E-state index is 15.4. The van der Waals surface area contributed by atoms with Gasteiger partial charge >= 0.3 is 24.1 Å². The number of anilines is 1. The molecule has 9 amide bonds. The molecule has 4 aromatic rings. The number of amides is 9. The molecule has 5 atom stereocenters. The number of nitrogens with one attached hydrogen (secondary N) is 8. The molecule has 0 bridgehead atoms. The number of hydrogen-bond acceptors (Lipinski definition) is 19. The number of carboxylic acid groups (broad SMARTS) is 1. The van der Waals surface area contributed by atoms with Crippen LogP contribution in [0, 0.1) is 18.7 Å². The highest BCUT2D eigenvalue weighted by Gasteiger charge is 2.46. The van der Waals surface area contributed by atoms with E-state index in [4.69, 9.17) is 40.1 Å². The highest BCUT2D eigenvalue weighted by Crippen LogP contribution is 2.46. The minimum Gasteiger partial charge on any atom is -0.481 e. The van der Waals surface area contributed by atoms with Crippen molar-refractivity contribution in [3.8, 4) is 11.4 Å². The van der Waals surface area contributed by atoms with Crippen molar-refractivity contribution in [3.05, 3.63) is 91.5 Å². The number of carboxylic acids is 1. The molecule has 0 unspecified atom stereocenters. The maximum absolute atomic E-state index is 15.4. The molecule has 2 aromatic heterocycles. The van der Waals surface area contributed by atoms with Crippen LogP contribution in [0.1, 0.15) is 111 Å². The first-order valence-electron chi connectivity index (χ1n) is 29.7. The second kappa shape index (κ2) is 32.0. The minimum atomic E-state index is -2.06. The van der Waals surface area contributed by atoms with Gasteiger partial charge < -0.3 is 92.5 Å². The van der Waals surface area contributed by atoms with Crippen LogP contribution in [0.5, 0.6) is 0 Å². The second-order valence-electron chi connectivity index (χ2n) is 22.2. The number of primary amides is 1. The van der Waals surface area contributed by atoms with E-state index in [1.807, 2.05) is 0 Å². The summed E-state index contributed by atoms with van der Waals surface area (Å²) in [6, 6.07) is 3.61. The number of urea groups is 1. The third-order valence-electron chi connectivity index (χ3n) is 15.6. The van der Waals surface area contributed by atoms with Crippen molar-refractivity contribution >= 4 is 76.1 Å². The molecule has 31 heteroatoms. The number of carbonyl (C=O) groups is 10. The first kappa shape index (κ1) is 69.3. The predicted octanol–water partition coefficient (Wildman–Crippen LogP) is 0.392. The van der Waals surface area contributed by atoms with Crippen LogP contribution in [0.15, 0.2) is 41.2 Å². The van der Waals surface area contributed by atoms with E-state index in [1.54, 1.807) is 33.8 Å². The van der Waals surface area contributed by atoms with Crippen LogP contribution in [0.3, 0.4) is 0 Å². The number of pyridine rings is 2. The first-order chi connectivity index (χ1) is 43.4. The highest BCUT2D eigenvalue weighted by atomic mass is 19.1. The molecule has 0 radical (unpaired) electrons. The molecule has 2 aromatic carbocycles. The smallest absolute Gasteiger partial charge is 0.407 e. The van der Waals surface area contributed by atoms with Gasteiger partial charge in [-0.3, -0.25) is 38.4 Å². The van der Waals surface area contributed by atoms with E-state index in [1.165, 1.54) is 34.9 Å². The van der Waals surface area contributed by atoms with Gasteiger partial charge in [-0.15, -0.1) is 0 Å². The second-order valence-corrected chi connectivity index (χ2v) is 22.2. The molecule has 0 fully saturated rings. The number of halogens is 1. The molecule has 1 aliphatic carbocycles. The fourth-order valence-corrected chi connectivity index (χ4v) is 10.7. The Kier molecular flexibility index (Phi) is 24.4. The van der Waals surface area contributed by atoms with Crippen LogP contribution in [0.25, 0.3) is 22.3 Å². The molecule has 14 N–H and O–H groups in total. The van der Waals surface area contributed by atoms with Crippen LogP contribution >= 0.6 is 0 Å². The van der Waals surface area contributed by atoms with Crippen molar-refractivity contribution in [1.29, 1.82) is 0 Å². The Hall–Kier alpha value is -9.17. The first-order valence-corrected chi connectivity index (χ1v) is 29.7. The van der Waals surface area contributed by atoms with Crippen LogP contribution in [-0.4, -0.2) is 157 Å². The Morgan fingerprint density at radius 3 is 2.26 bits per heavy atom. The number of alkyl carbamates (subject to hydrolysis) is 1. The topological polar surface area (TPSA) is 440 Å².